The highest BCUT2D eigenvalue weighted by Crippen LogP contribution is 2.37. The Labute approximate surface area is 113 Å². The lowest BCUT2D eigenvalue weighted by Crippen LogP contribution is -2.37. The average Bonchev–Trinajstić information content (AvgIpc) is 3.32. The first-order valence-corrected chi connectivity index (χ1v) is 7.48. The summed E-state index contributed by atoms with van der Waals surface area (Å²) in [6, 6.07) is 0. The molecule has 0 radical (unpaired) electrons. The van der Waals surface area contributed by atoms with Crippen molar-refractivity contribution in [2.45, 2.75) is 68.8 Å². The Kier molecular flexibility index (Phi) is 2.64. The van der Waals surface area contributed by atoms with Gasteiger partial charge >= 0.3 is 5.97 Å². The summed E-state index contributed by atoms with van der Waals surface area (Å²) in [5.74, 6) is 0.0755. The molecular formula is C13H22N4O2. The van der Waals surface area contributed by atoms with Gasteiger partial charge in [0.15, 0.2) is 0 Å². The van der Waals surface area contributed by atoms with Crippen molar-refractivity contribution in [2.24, 2.45) is 5.92 Å². The second-order valence-corrected chi connectivity index (χ2v) is 6.61. The van der Waals surface area contributed by atoms with Crippen molar-refractivity contribution in [3.8, 4) is 0 Å². The molecule has 2 aliphatic carbocycles. The van der Waals surface area contributed by atoms with E-state index in [1.807, 2.05) is 0 Å². The van der Waals surface area contributed by atoms with Crippen LogP contribution in [0.1, 0.15) is 51.4 Å². The lowest BCUT2D eigenvalue weighted by atomic mass is 9.83. The molecular weight excluding hydrogens is 244 g/mol. The molecule has 0 aromatic heterocycles. The molecule has 6 nitrogen and oxygen atoms in total. The van der Waals surface area contributed by atoms with Gasteiger partial charge in [-0.05, 0) is 44.9 Å². The molecule has 4 fully saturated rings. The van der Waals surface area contributed by atoms with Gasteiger partial charge in [-0.15, -0.1) is 0 Å². The van der Waals surface area contributed by atoms with Gasteiger partial charge in [-0.1, -0.05) is 0 Å². The molecule has 0 amide bonds. The Balaban J connectivity index is 1.33. The second kappa shape index (κ2) is 4.15. The van der Waals surface area contributed by atoms with Crippen LogP contribution >= 0.6 is 0 Å². The van der Waals surface area contributed by atoms with Gasteiger partial charge in [-0.3, -0.25) is 4.79 Å². The number of nitrogens with one attached hydrogen (secondary N) is 4. The molecule has 0 bridgehead atoms. The molecule has 0 aromatic carbocycles. The van der Waals surface area contributed by atoms with E-state index in [0.29, 0.717) is 0 Å². The van der Waals surface area contributed by atoms with E-state index < -0.39 is 0 Å². The highest BCUT2D eigenvalue weighted by atomic mass is 16.5. The van der Waals surface area contributed by atoms with E-state index in [1.165, 1.54) is 0 Å². The van der Waals surface area contributed by atoms with Crippen LogP contribution in [0.5, 0.6) is 0 Å². The Morgan fingerprint density at radius 2 is 1.58 bits per heavy atom. The lowest BCUT2D eigenvalue weighted by molar-refractivity contribution is -0.157. The fourth-order valence-corrected chi connectivity index (χ4v) is 3.69. The van der Waals surface area contributed by atoms with Gasteiger partial charge in [-0.2, -0.15) is 0 Å². The van der Waals surface area contributed by atoms with Gasteiger partial charge in [-0.25, -0.2) is 21.7 Å². The molecule has 2 saturated heterocycles. The van der Waals surface area contributed by atoms with Crippen LogP contribution in [0.4, 0.5) is 0 Å². The van der Waals surface area contributed by atoms with Crippen molar-refractivity contribution in [1.82, 2.24) is 21.7 Å². The molecule has 2 heterocycles. The summed E-state index contributed by atoms with van der Waals surface area (Å²) < 4.78 is 5.75. The smallest absolute Gasteiger partial charge is 0.309 e. The molecule has 4 aliphatic rings. The summed E-state index contributed by atoms with van der Waals surface area (Å²) in [5, 5.41) is 0. The number of hydrazine groups is 2. The molecule has 4 rings (SSSR count). The van der Waals surface area contributed by atoms with Crippen LogP contribution in [0, 0.1) is 5.92 Å². The third-order valence-electron chi connectivity index (χ3n) is 5.03. The Hall–Kier alpha value is -0.690. The number of esters is 1. The summed E-state index contributed by atoms with van der Waals surface area (Å²) in [4.78, 5) is 12.3. The predicted octanol–water partition coefficient (Wildman–Crippen LogP) is 0.271. The van der Waals surface area contributed by atoms with E-state index in [-0.39, 0.29) is 29.3 Å². The van der Waals surface area contributed by atoms with Crippen LogP contribution in [-0.2, 0) is 9.53 Å². The van der Waals surface area contributed by atoms with Gasteiger partial charge in [0.1, 0.15) is 6.10 Å². The molecule has 106 valence electrons. The van der Waals surface area contributed by atoms with Crippen LogP contribution < -0.4 is 21.7 Å². The van der Waals surface area contributed by atoms with Crippen molar-refractivity contribution in [1.29, 1.82) is 0 Å². The molecule has 6 heteroatoms. The Morgan fingerprint density at radius 3 is 2.26 bits per heavy atom. The summed E-state index contributed by atoms with van der Waals surface area (Å²) in [6.07, 6.45) is 8.32. The van der Waals surface area contributed by atoms with E-state index in [0.717, 1.165) is 51.4 Å². The normalized spacial score (nSPS) is 38.1. The summed E-state index contributed by atoms with van der Waals surface area (Å²) in [7, 11) is 0. The zero-order valence-electron chi connectivity index (χ0n) is 11.1. The molecule has 19 heavy (non-hydrogen) atoms. The van der Waals surface area contributed by atoms with Gasteiger partial charge in [0, 0.05) is 6.42 Å². The lowest BCUT2D eigenvalue weighted by Gasteiger charge is -2.30. The zero-order chi connectivity index (χ0) is 12.9. The average molecular weight is 266 g/mol. The number of rotatable bonds is 2. The maximum atomic E-state index is 12.3. The third kappa shape index (κ3) is 2.38. The zero-order valence-corrected chi connectivity index (χ0v) is 11.1. The number of hydrogen-bond donors (Lipinski definition) is 4. The monoisotopic (exact) mass is 266 g/mol. The van der Waals surface area contributed by atoms with Gasteiger partial charge in [0.25, 0.3) is 0 Å². The van der Waals surface area contributed by atoms with Crippen molar-refractivity contribution in [3.63, 3.8) is 0 Å². The topological polar surface area (TPSA) is 114 Å². The number of carbonyl (C=O) groups is 1. The largest absolute Gasteiger partial charge is 0.462 e. The fourth-order valence-electron chi connectivity index (χ4n) is 3.69. The minimum Gasteiger partial charge on any atom is -0.462 e. The first kappa shape index (κ1) is 12.1. The summed E-state index contributed by atoms with van der Waals surface area (Å²) in [6.45, 7) is 0. The number of carbonyl (C=O) groups excluding carboxylic acids is 1. The molecule has 4 N–H and O–H groups in total. The SMILES string of the molecule is O=C(OC1CCCC2(C1)NN2)C1CCCC2(C1)NN2. The molecule has 2 saturated carbocycles. The molecule has 2 atom stereocenters. The number of ether oxygens (including phenoxy) is 1. The van der Waals surface area contributed by atoms with Crippen LogP contribution in [0.15, 0.2) is 0 Å². The Bertz CT molecular complexity index is 392. The highest BCUT2D eigenvalue weighted by Gasteiger charge is 2.49. The quantitative estimate of drug-likeness (QED) is 0.421. The minimum absolute atomic E-state index is 0.0114. The number of hydrogen-bond acceptors (Lipinski definition) is 6. The predicted molar refractivity (Wildman–Crippen MR) is 68.3 cm³/mol. The molecule has 2 spiro atoms. The van der Waals surface area contributed by atoms with E-state index in [1.54, 1.807) is 0 Å². The standard InChI is InChI=1S/C13H22N4O2/c18-11(9-3-1-5-12(7-9)14-15-12)19-10-4-2-6-13(8-10)16-17-13/h9-10,14-17H,1-8H2. The van der Waals surface area contributed by atoms with Crippen molar-refractivity contribution in [3.05, 3.63) is 0 Å². The van der Waals surface area contributed by atoms with E-state index in [9.17, 15) is 4.79 Å². The van der Waals surface area contributed by atoms with Crippen LogP contribution in [-0.4, -0.2) is 23.4 Å². The summed E-state index contributed by atoms with van der Waals surface area (Å²) >= 11 is 0. The molecule has 0 aromatic rings. The van der Waals surface area contributed by atoms with Crippen LogP contribution in [0.3, 0.4) is 0 Å². The van der Waals surface area contributed by atoms with Crippen molar-refractivity contribution < 1.29 is 9.53 Å². The third-order valence-corrected chi connectivity index (χ3v) is 5.03. The van der Waals surface area contributed by atoms with E-state index >= 15 is 0 Å². The Morgan fingerprint density at radius 1 is 0.947 bits per heavy atom. The van der Waals surface area contributed by atoms with Crippen molar-refractivity contribution in [2.75, 3.05) is 0 Å². The highest BCUT2D eigenvalue weighted by molar-refractivity contribution is 5.73. The first-order valence-electron chi connectivity index (χ1n) is 7.48. The minimum atomic E-state index is 0.0114. The maximum Gasteiger partial charge on any atom is 0.309 e. The summed E-state index contributed by atoms with van der Waals surface area (Å²) in [5.41, 5.74) is 12.9. The van der Waals surface area contributed by atoms with Crippen LogP contribution in [0.25, 0.3) is 0 Å². The second-order valence-electron chi connectivity index (χ2n) is 6.61. The van der Waals surface area contributed by atoms with Gasteiger partial charge in [0.2, 0.25) is 0 Å². The first-order chi connectivity index (χ1) is 9.19. The maximum absolute atomic E-state index is 12.3. The molecule has 2 unspecified atom stereocenters. The van der Waals surface area contributed by atoms with E-state index in [4.69, 9.17) is 4.74 Å². The molecule has 2 aliphatic heterocycles. The van der Waals surface area contributed by atoms with Gasteiger partial charge < -0.3 is 4.74 Å². The fraction of sp³-hybridized carbons (Fsp3) is 0.923. The van der Waals surface area contributed by atoms with Crippen LogP contribution in [0.2, 0.25) is 0 Å². The van der Waals surface area contributed by atoms with E-state index in [2.05, 4.69) is 21.7 Å². The van der Waals surface area contributed by atoms with Crippen molar-refractivity contribution >= 4 is 5.97 Å². The van der Waals surface area contributed by atoms with Gasteiger partial charge in [0.05, 0.1) is 17.2 Å².